The molecule has 2 aliphatic heterocycles. The van der Waals surface area contributed by atoms with Gasteiger partial charge in [0.2, 0.25) is 17.7 Å². The molecule has 4 aliphatic rings. The van der Waals surface area contributed by atoms with E-state index in [1.807, 2.05) is 54.6 Å². The monoisotopic (exact) mass is 827 g/mol. The molecule has 6 aromatic rings. The van der Waals surface area contributed by atoms with Crippen molar-refractivity contribution < 1.29 is 37.8 Å². The first-order chi connectivity index (χ1) is 28.5. The van der Waals surface area contributed by atoms with Crippen molar-refractivity contribution in [3.8, 4) is 23.0 Å². The van der Waals surface area contributed by atoms with E-state index in [0.717, 1.165) is 27.5 Å². The lowest BCUT2D eigenvalue weighted by molar-refractivity contribution is -0.125. The highest BCUT2D eigenvalue weighted by atomic mass is 35.5. The van der Waals surface area contributed by atoms with Crippen LogP contribution in [0.3, 0.4) is 0 Å². The minimum absolute atomic E-state index is 0.0536. The van der Waals surface area contributed by atoms with E-state index in [1.54, 1.807) is 42.5 Å². The fourth-order valence-electron chi connectivity index (χ4n) is 9.35. The molecule has 5 aromatic carbocycles. The number of oxazole rings is 1. The summed E-state index contributed by atoms with van der Waals surface area (Å²) >= 11 is 15.0. The second kappa shape index (κ2) is 13.6. The van der Waals surface area contributed by atoms with Gasteiger partial charge in [0.05, 0.1) is 23.2 Å². The molecule has 4 amide bonds. The van der Waals surface area contributed by atoms with Crippen molar-refractivity contribution in [2.45, 2.75) is 35.1 Å². The van der Waals surface area contributed by atoms with Gasteiger partial charge in [0.15, 0.2) is 15.3 Å². The van der Waals surface area contributed by atoms with Gasteiger partial charge >= 0.3 is 0 Å². The number of carbonyl (C=O) groups is 4. The summed E-state index contributed by atoms with van der Waals surface area (Å²) in [4.78, 5) is 60.4. The van der Waals surface area contributed by atoms with Crippen LogP contribution in [0.5, 0.6) is 11.5 Å². The number of anilines is 2. The number of para-hydroxylation sites is 2. The van der Waals surface area contributed by atoms with E-state index < -0.39 is 62.9 Å². The summed E-state index contributed by atoms with van der Waals surface area (Å²) in [5.41, 5.74) is 3.94. The molecule has 10 rings (SSSR count). The Kier molecular flexibility index (Phi) is 8.56. The number of hydrogen-bond donors (Lipinski definition) is 1. The Balaban J connectivity index is 1.03. The average Bonchev–Trinajstić information content (AvgIpc) is 3.84. The number of rotatable bonds is 7. The molecule has 1 saturated carbocycles. The van der Waals surface area contributed by atoms with Crippen molar-refractivity contribution in [1.29, 1.82) is 0 Å². The zero-order valence-corrected chi connectivity index (χ0v) is 32.4. The Hall–Kier alpha value is -6.30. The minimum atomic E-state index is -2.22. The van der Waals surface area contributed by atoms with Gasteiger partial charge < -0.3 is 14.3 Å². The fraction of sp³-hybridized carbons (Fsp3) is 0.196. The van der Waals surface area contributed by atoms with E-state index in [4.69, 9.17) is 32.4 Å². The molecule has 1 N–H and O–H groups in total. The second-order valence-corrected chi connectivity index (χ2v) is 16.5. The number of aromatic nitrogens is 1. The molecule has 0 radical (unpaired) electrons. The third-order valence-electron chi connectivity index (χ3n) is 12.1. The Morgan fingerprint density at radius 2 is 1.49 bits per heavy atom. The quantitative estimate of drug-likeness (QED) is 0.0962. The molecule has 6 atom stereocenters. The second-order valence-electron chi connectivity index (χ2n) is 15.3. The number of benzene rings is 5. The van der Waals surface area contributed by atoms with Crippen LogP contribution in [0.4, 0.5) is 15.8 Å². The average molecular weight is 829 g/mol. The number of ether oxygens (including phenoxy) is 1. The zero-order valence-electron chi connectivity index (χ0n) is 30.9. The van der Waals surface area contributed by atoms with Gasteiger partial charge in [0, 0.05) is 23.1 Å². The highest BCUT2D eigenvalue weighted by molar-refractivity contribution is 6.58. The lowest BCUT2D eigenvalue weighted by Crippen LogP contribution is -2.60. The van der Waals surface area contributed by atoms with E-state index in [9.17, 15) is 28.7 Å². The summed E-state index contributed by atoms with van der Waals surface area (Å²) in [6.07, 6.45) is 1.65. The van der Waals surface area contributed by atoms with Gasteiger partial charge in [-0.15, -0.1) is 23.2 Å². The van der Waals surface area contributed by atoms with Crippen LogP contribution < -0.4 is 14.5 Å². The summed E-state index contributed by atoms with van der Waals surface area (Å²) in [5, 5.41) is 11.7. The molecule has 0 unspecified atom stereocenters. The number of phenolic OH excluding ortho intramolecular Hbond substituents is 1. The maximum atomic E-state index is 14.7. The lowest BCUT2D eigenvalue weighted by Gasteiger charge is -2.50. The van der Waals surface area contributed by atoms with Crippen molar-refractivity contribution in [3.63, 3.8) is 0 Å². The van der Waals surface area contributed by atoms with E-state index in [0.29, 0.717) is 39.6 Å². The molecular formula is C46H32Cl2FN3O7. The highest BCUT2D eigenvalue weighted by Gasteiger charge is 2.77. The summed E-state index contributed by atoms with van der Waals surface area (Å²) in [7, 11) is 0. The van der Waals surface area contributed by atoms with Gasteiger partial charge in [0.25, 0.3) is 11.8 Å². The lowest BCUT2D eigenvalue weighted by atomic mass is 9.56. The first kappa shape index (κ1) is 37.0. The van der Waals surface area contributed by atoms with E-state index in [1.165, 1.54) is 18.2 Å². The number of alkyl halides is 2. The van der Waals surface area contributed by atoms with Crippen molar-refractivity contribution in [2.75, 3.05) is 9.80 Å². The minimum Gasteiger partial charge on any atom is -0.508 e. The molecule has 2 saturated heterocycles. The van der Waals surface area contributed by atoms with E-state index in [-0.39, 0.29) is 36.4 Å². The number of fused-ring (bicyclic) bond motifs is 5. The summed E-state index contributed by atoms with van der Waals surface area (Å²) in [6, 6.07) is 33.0. The predicted octanol–water partition coefficient (Wildman–Crippen LogP) is 8.69. The molecule has 2 aliphatic carbocycles. The van der Waals surface area contributed by atoms with Crippen LogP contribution >= 0.6 is 23.2 Å². The molecule has 13 heteroatoms. The number of phenols is 1. The number of halogens is 3. The smallest absolute Gasteiger partial charge is 0.258 e. The predicted molar refractivity (Wildman–Crippen MR) is 217 cm³/mol. The summed E-state index contributed by atoms with van der Waals surface area (Å²) in [5.74, 6) is -6.65. The maximum Gasteiger partial charge on any atom is 0.258 e. The Labute approximate surface area is 346 Å². The number of hydrogen-bond acceptors (Lipinski definition) is 8. The third kappa shape index (κ3) is 5.55. The molecule has 0 spiro atoms. The van der Waals surface area contributed by atoms with Crippen LogP contribution in [-0.2, 0) is 25.8 Å². The summed E-state index contributed by atoms with van der Waals surface area (Å²) in [6.45, 7) is 0.218. The van der Waals surface area contributed by atoms with E-state index >= 15 is 0 Å². The number of nitrogens with zero attached hydrogens (tertiary/aromatic N) is 3. The van der Waals surface area contributed by atoms with Gasteiger partial charge in [-0.3, -0.25) is 24.1 Å². The molecular weight excluding hydrogens is 796 g/mol. The molecule has 10 nitrogen and oxygen atoms in total. The van der Waals surface area contributed by atoms with E-state index in [2.05, 4.69) is 4.98 Å². The van der Waals surface area contributed by atoms with Crippen LogP contribution in [0.25, 0.3) is 22.6 Å². The van der Waals surface area contributed by atoms with Gasteiger partial charge in [-0.25, -0.2) is 14.3 Å². The van der Waals surface area contributed by atoms with Gasteiger partial charge in [-0.2, -0.15) is 0 Å². The Bertz CT molecular complexity index is 2730. The number of aromatic hydroxyl groups is 1. The number of allylic oxidation sites excluding steroid dienone is 2. The molecule has 3 fully saturated rings. The molecule has 1 aromatic heterocycles. The van der Waals surface area contributed by atoms with Crippen molar-refractivity contribution >= 4 is 69.3 Å². The first-order valence-corrected chi connectivity index (χ1v) is 19.8. The first-order valence-electron chi connectivity index (χ1n) is 19.0. The van der Waals surface area contributed by atoms with Gasteiger partial charge in [-0.1, -0.05) is 60.2 Å². The SMILES string of the molecule is O=C1[C@H]2[C@H](CC=C3[C@H]2C[C@@]2(Cl)C(=O)N(c4ccc(F)cc4)C(=O)[C@@]2(Cl)[C@H]3c2ccc(OCc3ccccc3)cc2O)C(=O)N1c1ccc(-c2nc3ccccc3o2)cc1. The molecule has 0 bridgehead atoms. The Morgan fingerprint density at radius 3 is 2.22 bits per heavy atom. The van der Waals surface area contributed by atoms with Crippen molar-refractivity contribution in [1.82, 2.24) is 4.98 Å². The largest absolute Gasteiger partial charge is 0.508 e. The number of amides is 4. The Morgan fingerprint density at radius 1 is 0.797 bits per heavy atom. The number of imide groups is 2. The molecule has 59 heavy (non-hydrogen) atoms. The normalized spacial score (nSPS) is 26.2. The fourth-order valence-corrected chi connectivity index (χ4v) is 10.3. The molecule has 3 heterocycles. The van der Waals surface area contributed by atoms with Crippen LogP contribution in [0.2, 0.25) is 0 Å². The van der Waals surface area contributed by atoms with Gasteiger partial charge in [-0.05, 0) is 91.1 Å². The number of carbonyl (C=O) groups excluding carboxylic acids is 4. The summed E-state index contributed by atoms with van der Waals surface area (Å²) < 4.78 is 25.9. The van der Waals surface area contributed by atoms with Crippen molar-refractivity contribution in [3.05, 3.63) is 150 Å². The standard InChI is InChI=1S/C46H32Cl2FN3O7/c47-45-23-34-31(20-21-33-38(34)42(55)51(41(33)54)28-14-10-26(11-15-28)40-50-35-8-4-5-9-37(35)59-40)39(32-19-18-30(22-36(32)53)58-24-25-6-2-1-3-7-25)46(45,48)44(57)52(43(45)56)29-16-12-27(49)13-17-29/h1-20,22,33-34,38-39,53H,21,23-24H2/t33-,34+,38-,39+,45+,46-/m0/s1. The van der Waals surface area contributed by atoms with Crippen LogP contribution in [0, 0.1) is 23.6 Å². The van der Waals surface area contributed by atoms with Gasteiger partial charge in [0.1, 0.15) is 29.4 Å². The molecule has 294 valence electrons. The maximum absolute atomic E-state index is 14.7. The third-order valence-corrected chi connectivity index (χ3v) is 13.5. The zero-order chi connectivity index (χ0) is 40.8. The highest BCUT2D eigenvalue weighted by Crippen LogP contribution is 2.66. The van der Waals surface area contributed by atoms with Crippen LogP contribution in [0.15, 0.2) is 137 Å². The topological polar surface area (TPSA) is 130 Å². The van der Waals surface area contributed by atoms with Crippen molar-refractivity contribution in [2.24, 2.45) is 17.8 Å². The van der Waals surface area contributed by atoms with Crippen LogP contribution in [-0.4, -0.2) is 43.5 Å². The van der Waals surface area contributed by atoms with Crippen LogP contribution in [0.1, 0.15) is 29.9 Å².